The second-order valence-corrected chi connectivity index (χ2v) is 9.38. The second kappa shape index (κ2) is 8.97. The van der Waals surface area contributed by atoms with Crippen molar-refractivity contribution < 1.29 is 23.1 Å². The molecule has 1 aliphatic rings. The summed E-state index contributed by atoms with van der Waals surface area (Å²) >= 11 is 12.0. The van der Waals surface area contributed by atoms with Gasteiger partial charge in [0.25, 0.3) is 5.92 Å². The van der Waals surface area contributed by atoms with E-state index in [1.165, 1.54) is 30.5 Å². The molecule has 3 aromatic heterocycles. The van der Waals surface area contributed by atoms with Crippen molar-refractivity contribution in [2.24, 2.45) is 0 Å². The van der Waals surface area contributed by atoms with E-state index in [0.29, 0.717) is 28.1 Å². The number of hydrogen-bond donors (Lipinski definition) is 2. The molecule has 188 valence electrons. The van der Waals surface area contributed by atoms with Crippen LogP contribution in [0.2, 0.25) is 10.3 Å². The minimum absolute atomic E-state index is 0.0128. The Balaban J connectivity index is 1.64. The molecule has 36 heavy (non-hydrogen) atoms. The highest BCUT2D eigenvalue weighted by atomic mass is 35.5. The molecule has 1 atom stereocenters. The van der Waals surface area contributed by atoms with E-state index in [4.69, 9.17) is 28.2 Å². The Bertz CT molecular complexity index is 1500. The number of carbonyl (C=O) groups is 1. The molecule has 5 rings (SSSR count). The minimum atomic E-state index is -2.75. The van der Waals surface area contributed by atoms with Crippen LogP contribution in [0, 0.1) is 5.82 Å². The Morgan fingerprint density at radius 2 is 1.86 bits per heavy atom. The first-order valence-electron chi connectivity index (χ1n) is 11.0. The SMILES string of the molecule is CC(Nc1ccc(Cl)nc1C(=O)O)c1cc(F)cc2c1nc(N1CCC(F)(F)CC1)n1cc(Cl)nc21. The number of carboxylic acids is 1. The summed E-state index contributed by atoms with van der Waals surface area (Å²) < 4.78 is 44.0. The number of imidazole rings is 1. The lowest BCUT2D eigenvalue weighted by molar-refractivity contribution is -0.0222. The van der Waals surface area contributed by atoms with Crippen molar-refractivity contribution in [1.82, 2.24) is 19.4 Å². The van der Waals surface area contributed by atoms with Crippen LogP contribution in [0.5, 0.6) is 0 Å². The molecule has 0 spiro atoms. The minimum Gasteiger partial charge on any atom is -0.476 e. The van der Waals surface area contributed by atoms with Gasteiger partial charge in [0.05, 0.1) is 23.4 Å². The fourth-order valence-corrected chi connectivity index (χ4v) is 4.70. The molecule has 1 unspecified atom stereocenters. The number of hydrogen-bond acceptors (Lipinski definition) is 6. The van der Waals surface area contributed by atoms with Gasteiger partial charge in [0.15, 0.2) is 11.3 Å². The first kappa shape index (κ1) is 24.4. The van der Waals surface area contributed by atoms with E-state index in [9.17, 15) is 23.1 Å². The van der Waals surface area contributed by atoms with Crippen LogP contribution in [-0.4, -0.2) is 49.4 Å². The summed E-state index contributed by atoms with van der Waals surface area (Å²) in [6.45, 7) is 1.85. The van der Waals surface area contributed by atoms with Crippen molar-refractivity contribution in [2.45, 2.75) is 31.7 Å². The number of halogens is 5. The molecule has 8 nitrogen and oxygen atoms in total. The van der Waals surface area contributed by atoms with Crippen molar-refractivity contribution in [3.63, 3.8) is 0 Å². The Kier molecular flexibility index (Phi) is 6.08. The molecular formula is C23H19Cl2F3N6O2. The molecule has 0 aliphatic carbocycles. The summed E-state index contributed by atoms with van der Waals surface area (Å²) in [4.78, 5) is 26.3. The zero-order valence-electron chi connectivity index (χ0n) is 18.8. The summed E-state index contributed by atoms with van der Waals surface area (Å²) in [5.41, 5.74) is 0.990. The lowest BCUT2D eigenvalue weighted by Gasteiger charge is -2.33. The molecule has 1 aliphatic heterocycles. The quantitative estimate of drug-likeness (QED) is 0.308. The lowest BCUT2D eigenvalue weighted by Crippen LogP contribution is -2.40. The molecule has 0 bridgehead atoms. The average Bonchev–Trinajstić information content (AvgIpc) is 3.21. The predicted molar refractivity (Wildman–Crippen MR) is 130 cm³/mol. The van der Waals surface area contributed by atoms with E-state index < -0.39 is 23.8 Å². The number of nitrogens with zero attached hydrogens (tertiary/aromatic N) is 5. The molecule has 1 aromatic carbocycles. The second-order valence-electron chi connectivity index (χ2n) is 8.60. The fraction of sp³-hybridized carbons (Fsp3) is 0.304. The number of aromatic nitrogens is 4. The summed E-state index contributed by atoms with van der Waals surface area (Å²) in [7, 11) is 0. The van der Waals surface area contributed by atoms with Gasteiger partial charge in [-0.1, -0.05) is 23.2 Å². The normalized spacial score (nSPS) is 16.4. The van der Waals surface area contributed by atoms with Gasteiger partial charge >= 0.3 is 5.97 Å². The maximum Gasteiger partial charge on any atom is 0.356 e. The van der Waals surface area contributed by atoms with Crippen molar-refractivity contribution in [1.29, 1.82) is 0 Å². The zero-order valence-corrected chi connectivity index (χ0v) is 20.3. The Morgan fingerprint density at radius 1 is 1.14 bits per heavy atom. The smallest absolute Gasteiger partial charge is 0.356 e. The summed E-state index contributed by atoms with van der Waals surface area (Å²) in [6, 6.07) is 4.83. The number of pyridine rings is 1. The molecular weight excluding hydrogens is 520 g/mol. The van der Waals surface area contributed by atoms with Crippen LogP contribution in [0.25, 0.3) is 16.6 Å². The number of piperidine rings is 1. The predicted octanol–water partition coefficient (Wildman–Crippen LogP) is 5.83. The number of rotatable bonds is 5. The largest absolute Gasteiger partial charge is 0.476 e. The number of benzene rings is 1. The molecule has 1 saturated heterocycles. The summed E-state index contributed by atoms with van der Waals surface area (Å²) in [5, 5.41) is 13.1. The summed E-state index contributed by atoms with van der Waals surface area (Å²) in [6.07, 6.45) is 0.856. The van der Waals surface area contributed by atoms with Crippen molar-refractivity contribution in [2.75, 3.05) is 23.3 Å². The van der Waals surface area contributed by atoms with E-state index in [0.717, 1.165) is 0 Å². The topological polar surface area (TPSA) is 95.6 Å². The van der Waals surface area contributed by atoms with Gasteiger partial charge in [0.1, 0.15) is 16.1 Å². The van der Waals surface area contributed by atoms with Crippen LogP contribution < -0.4 is 10.2 Å². The third-order valence-corrected chi connectivity index (χ3v) is 6.52. The average molecular weight is 539 g/mol. The van der Waals surface area contributed by atoms with Gasteiger partial charge in [-0.05, 0) is 31.2 Å². The molecule has 13 heteroatoms. The fourth-order valence-electron chi connectivity index (χ4n) is 4.38. The van der Waals surface area contributed by atoms with Crippen molar-refractivity contribution >= 4 is 57.4 Å². The number of alkyl halides is 2. The van der Waals surface area contributed by atoms with Crippen molar-refractivity contribution in [3.05, 3.63) is 57.8 Å². The van der Waals surface area contributed by atoms with Crippen LogP contribution >= 0.6 is 23.2 Å². The van der Waals surface area contributed by atoms with Gasteiger partial charge in [-0.15, -0.1) is 0 Å². The van der Waals surface area contributed by atoms with Gasteiger partial charge in [0.2, 0.25) is 5.95 Å². The maximum absolute atomic E-state index is 14.8. The van der Waals surface area contributed by atoms with Crippen LogP contribution in [0.1, 0.15) is 41.9 Å². The third kappa shape index (κ3) is 4.48. The highest BCUT2D eigenvalue weighted by molar-refractivity contribution is 6.30. The molecule has 4 aromatic rings. The van der Waals surface area contributed by atoms with Gasteiger partial charge in [-0.25, -0.2) is 32.9 Å². The molecule has 4 heterocycles. The van der Waals surface area contributed by atoms with E-state index in [-0.39, 0.29) is 47.6 Å². The van der Waals surface area contributed by atoms with Crippen LogP contribution in [-0.2, 0) is 0 Å². The highest BCUT2D eigenvalue weighted by Gasteiger charge is 2.35. The molecule has 0 radical (unpaired) electrons. The summed E-state index contributed by atoms with van der Waals surface area (Å²) in [5.74, 6) is -4.24. The Labute approximate surface area is 212 Å². The standard InChI is InChI=1S/C23H19Cl2F3N6O2/c1-11(29-15-2-3-16(24)30-19(15)21(35)36)13-8-12(26)9-14-18(13)32-22(34-10-17(25)31-20(14)34)33-6-4-23(27,28)5-7-33/h2-3,8-11,29H,4-7H2,1H3,(H,35,36). The van der Waals surface area contributed by atoms with E-state index in [1.54, 1.807) is 16.2 Å². The molecule has 0 amide bonds. The first-order valence-corrected chi connectivity index (χ1v) is 11.7. The zero-order chi connectivity index (χ0) is 25.8. The number of anilines is 2. The van der Waals surface area contributed by atoms with Crippen LogP contribution in [0.4, 0.5) is 24.8 Å². The van der Waals surface area contributed by atoms with Crippen molar-refractivity contribution in [3.8, 4) is 0 Å². The monoisotopic (exact) mass is 538 g/mol. The number of fused-ring (bicyclic) bond motifs is 3. The maximum atomic E-state index is 14.8. The number of nitrogens with one attached hydrogen (secondary N) is 1. The molecule has 1 fully saturated rings. The van der Waals surface area contributed by atoms with Gasteiger partial charge in [-0.3, -0.25) is 4.40 Å². The third-order valence-electron chi connectivity index (χ3n) is 6.13. The highest BCUT2D eigenvalue weighted by Crippen LogP contribution is 2.35. The van der Waals surface area contributed by atoms with E-state index in [1.807, 2.05) is 0 Å². The van der Waals surface area contributed by atoms with E-state index in [2.05, 4.69) is 15.3 Å². The number of carboxylic acid groups (broad SMARTS) is 1. The number of aromatic carboxylic acids is 1. The van der Waals surface area contributed by atoms with Gasteiger partial charge in [-0.2, -0.15) is 0 Å². The first-order chi connectivity index (χ1) is 17.0. The molecule has 0 saturated carbocycles. The van der Waals surface area contributed by atoms with Gasteiger partial charge in [0, 0.05) is 36.9 Å². The lowest BCUT2D eigenvalue weighted by atomic mass is 10.0. The van der Waals surface area contributed by atoms with Crippen LogP contribution in [0.3, 0.4) is 0 Å². The van der Waals surface area contributed by atoms with Gasteiger partial charge < -0.3 is 15.3 Å². The Morgan fingerprint density at radius 3 is 2.56 bits per heavy atom. The van der Waals surface area contributed by atoms with Crippen LogP contribution in [0.15, 0.2) is 30.5 Å². The molecule has 2 N–H and O–H groups in total. The van der Waals surface area contributed by atoms with E-state index >= 15 is 0 Å². The Hall–Kier alpha value is -3.31.